The predicted octanol–water partition coefficient (Wildman–Crippen LogP) is 3.16. The summed E-state index contributed by atoms with van der Waals surface area (Å²) in [5, 5.41) is 14.2. The Balaban J connectivity index is 2.16. The van der Waals surface area contributed by atoms with Crippen LogP contribution in [0.15, 0.2) is 11.4 Å². The van der Waals surface area contributed by atoms with Gasteiger partial charge in [-0.1, -0.05) is 18.5 Å². The van der Waals surface area contributed by atoms with Gasteiger partial charge in [0, 0.05) is 0 Å². The van der Waals surface area contributed by atoms with Gasteiger partial charge in [-0.15, -0.1) is 11.3 Å². The van der Waals surface area contributed by atoms with Gasteiger partial charge >= 0.3 is 5.97 Å². The summed E-state index contributed by atoms with van der Waals surface area (Å²) in [5.41, 5.74) is -1.14. The standard InChI is InChI=1S/C13H16ClNO3S/c1-8-2-5-13(6-3-8,12(17)18)15-11(16)10-9(14)4-7-19-10/h4,7-8H,2-3,5-6H2,1H3,(H,15,16)(H,17,18). The highest BCUT2D eigenvalue weighted by molar-refractivity contribution is 7.12. The number of carbonyl (C=O) groups excluding carboxylic acids is 1. The number of carboxylic acids is 1. The molecule has 1 saturated carbocycles. The second-order valence-electron chi connectivity index (χ2n) is 5.12. The lowest BCUT2D eigenvalue weighted by Gasteiger charge is -2.36. The van der Waals surface area contributed by atoms with Crippen LogP contribution in [-0.2, 0) is 4.79 Å². The number of rotatable bonds is 3. The second-order valence-corrected chi connectivity index (χ2v) is 6.44. The molecule has 1 fully saturated rings. The van der Waals surface area contributed by atoms with E-state index in [0.29, 0.717) is 28.7 Å². The molecule has 0 spiro atoms. The number of nitrogens with one attached hydrogen (secondary N) is 1. The van der Waals surface area contributed by atoms with Gasteiger partial charge in [0.05, 0.1) is 5.02 Å². The van der Waals surface area contributed by atoms with Gasteiger partial charge < -0.3 is 10.4 Å². The Kier molecular flexibility index (Phi) is 4.16. The number of amides is 1. The lowest BCUT2D eigenvalue weighted by atomic mass is 9.77. The van der Waals surface area contributed by atoms with Crippen molar-refractivity contribution in [3.8, 4) is 0 Å². The minimum absolute atomic E-state index is 0.368. The Morgan fingerprint density at radius 3 is 2.58 bits per heavy atom. The zero-order chi connectivity index (χ0) is 14.0. The lowest BCUT2D eigenvalue weighted by Crippen LogP contribution is -2.56. The van der Waals surface area contributed by atoms with Crippen molar-refractivity contribution in [3.63, 3.8) is 0 Å². The van der Waals surface area contributed by atoms with E-state index >= 15 is 0 Å². The molecule has 0 bridgehead atoms. The van der Waals surface area contributed by atoms with Crippen LogP contribution in [0.3, 0.4) is 0 Å². The Morgan fingerprint density at radius 1 is 1.47 bits per heavy atom. The molecule has 0 aliphatic heterocycles. The Bertz CT molecular complexity index is 492. The van der Waals surface area contributed by atoms with Crippen molar-refractivity contribution in [1.82, 2.24) is 5.32 Å². The van der Waals surface area contributed by atoms with Gasteiger partial charge in [-0.3, -0.25) is 4.79 Å². The minimum atomic E-state index is -1.14. The summed E-state index contributed by atoms with van der Waals surface area (Å²) in [6.45, 7) is 2.10. The molecule has 0 atom stereocenters. The predicted molar refractivity (Wildman–Crippen MR) is 74.8 cm³/mol. The number of hydrogen-bond donors (Lipinski definition) is 2. The summed E-state index contributed by atoms with van der Waals surface area (Å²) in [4.78, 5) is 24.0. The van der Waals surface area contributed by atoms with Crippen LogP contribution >= 0.6 is 22.9 Å². The molecule has 1 aromatic rings. The van der Waals surface area contributed by atoms with Crippen LogP contribution in [0, 0.1) is 5.92 Å². The van der Waals surface area contributed by atoms with E-state index in [1.165, 1.54) is 11.3 Å². The van der Waals surface area contributed by atoms with Crippen molar-refractivity contribution in [1.29, 1.82) is 0 Å². The first kappa shape index (κ1) is 14.3. The van der Waals surface area contributed by atoms with E-state index in [0.717, 1.165) is 12.8 Å². The maximum absolute atomic E-state index is 12.1. The van der Waals surface area contributed by atoms with Crippen molar-refractivity contribution >= 4 is 34.8 Å². The summed E-state index contributed by atoms with van der Waals surface area (Å²) in [6, 6.07) is 1.64. The van der Waals surface area contributed by atoms with E-state index in [9.17, 15) is 14.7 Å². The lowest BCUT2D eigenvalue weighted by molar-refractivity contribution is -0.146. The van der Waals surface area contributed by atoms with Gasteiger partial charge in [0.15, 0.2) is 0 Å². The molecule has 0 saturated heterocycles. The smallest absolute Gasteiger partial charge is 0.329 e. The van der Waals surface area contributed by atoms with Crippen LogP contribution in [0.1, 0.15) is 42.3 Å². The van der Waals surface area contributed by atoms with Gasteiger partial charge in [-0.25, -0.2) is 4.79 Å². The molecule has 1 aliphatic carbocycles. The zero-order valence-corrected chi connectivity index (χ0v) is 12.2. The quantitative estimate of drug-likeness (QED) is 0.901. The maximum atomic E-state index is 12.1. The number of carboxylic acid groups (broad SMARTS) is 1. The summed E-state index contributed by atoms with van der Waals surface area (Å²) in [5.74, 6) is -0.841. The first-order valence-corrected chi connectivity index (χ1v) is 7.49. The summed E-state index contributed by atoms with van der Waals surface area (Å²) < 4.78 is 0. The number of thiophene rings is 1. The fraction of sp³-hybridized carbons (Fsp3) is 0.538. The summed E-state index contributed by atoms with van der Waals surface area (Å²) in [6.07, 6.45) is 2.56. The van der Waals surface area contributed by atoms with Crippen LogP contribution < -0.4 is 5.32 Å². The Morgan fingerprint density at radius 2 is 2.11 bits per heavy atom. The monoisotopic (exact) mass is 301 g/mol. The first-order chi connectivity index (χ1) is 8.94. The number of carbonyl (C=O) groups is 2. The van der Waals surface area contributed by atoms with E-state index in [1.54, 1.807) is 11.4 Å². The molecule has 6 heteroatoms. The highest BCUT2D eigenvalue weighted by atomic mass is 35.5. The summed E-state index contributed by atoms with van der Waals surface area (Å²) in [7, 11) is 0. The molecule has 19 heavy (non-hydrogen) atoms. The number of hydrogen-bond acceptors (Lipinski definition) is 3. The van der Waals surface area contributed by atoms with Crippen molar-refractivity contribution in [3.05, 3.63) is 21.3 Å². The van der Waals surface area contributed by atoms with Crippen molar-refractivity contribution < 1.29 is 14.7 Å². The number of halogens is 1. The highest BCUT2D eigenvalue weighted by Crippen LogP contribution is 2.33. The van der Waals surface area contributed by atoms with Crippen LogP contribution in [0.2, 0.25) is 5.02 Å². The van der Waals surface area contributed by atoms with Gasteiger partial charge in [0.25, 0.3) is 5.91 Å². The minimum Gasteiger partial charge on any atom is -0.480 e. The molecule has 4 nitrogen and oxygen atoms in total. The Hall–Kier alpha value is -1.07. The molecule has 1 aromatic heterocycles. The van der Waals surface area contributed by atoms with Crippen LogP contribution in [0.4, 0.5) is 0 Å². The van der Waals surface area contributed by atoms with E-state index in [4.69, 9.17) is 11.6 Å². The highest BCUT2D eigenvalue weighted by Gasteiger charge is 2.42. The van der Waals surface area contributed by atoms with Crippen molar-refractivity contribution in [2.75, 3.05) is 0 Å². The molecule has 2 rings (SSSR count). The third kappa shape index (κ3) is 2.92. The van der Waals surface area contributed by atoms with Crippen LogP contribution in [0.25, 0.3) is 0 Å². The van der Waals surface area contributed by atoms with Crippen LogP contribution in [-0.4, -0.2) is 22.5 Å². The molecular formula is C13H16ClNO3S. The van der Waals surface area contributed by atoms with Gasteiger partial charge in [-0.05, 0) is 43.0 Å². The van der Waals surface area contributed by atoms with Gasteiger partial charge in [0.1, 0.15) is 10.4 Å². The fourth-order valence-electron chi connectivity index (χ4n) is 2.38. The number of aliphatic carboxylic acids is 1. The average molecular weight is 302 g/mol. The molecule has 0 unspecified atom stereocenters. The van der Waals surface area contributed by atoms with Crippen LogP contribution in [0.5, 0.6) is 0 Å². The second kappa shape index (κ2) is 5.51. The molecule has 1 amide bonds. The largest absolute Gasteiger partial charge is 0.480 e. The van der Waals surface area contributed by atoms with E-state index in [-0.39, 0.29) is 0 Å². The van der Waals surface area contributed by atoms with Gasteiger partial charge in [-0.2, -0.15) is 0 Å². The molecule has 1 heterocycles. The SMILES string of the molecule is CC1CCC(NC(=O)c2sccc2Cl)(C(=O)O)CC1. The molecule has 1 aliphatic rings. The first-order valence-electron chi connectivity index (χ1n) is 6.23. The van der Waals surface area contributed by atoms with E-state index in [2.05, 4.69) is 12.2 Å². The Labute approximate surface area is 120 Å². The third-order valence-electron chi connectivity index (χ3n) is 3.71. The molecule has 104 valence electrons. The maximum Gasteiger partial charge on any atom is 0.329 e. The summed E-state index contributed by atoms with van der Waals surface area (Å²) >= 11 is 7.12. The van der Waals surface area contributed by atoms with E-state index < -0.39 is 17.4 Å². The van der Waals surface area contributed by atoms with E-state index in [1.807, 2.05) is 0 Å². The molecule has 0 radical (unpaired) electrons. The normalized spacial score (nSPS) is 26.9. The third-order valence-corrected chi connectivity index (χ3v) is 5.05. The molecule has 0 aromatic carbocycles. The molecular weight excluding hydrogens is 286 g/mol. The fourth-order valence-corrected chi connectivity index (χ4v) is 3.41. The molecule has 2 N–H and O–H groups in total. The zero-order valence-electron chi connectivity index (χ0n) is 10.6. The average Bonchev–Trinajstić information content (AvgIpc) is 2.78. The van der Waals surface area contributed by atoms with Gasteiger partial charge in [0.2, 0.25) is 0 Å². The van der Waals surface area contributed by atoms with Crippen molar-refractivity contribution in [2.24, 2.45) is 5.92 Å². The van der Waals surface area contributed by atoms with Crippen molar-refractivity contribution in [2.45, 2.75) is 38.1 Å². The topological polar surface area (TPSA) is 66.4 Å².